The Labute approximate surface area is 598 Å². The van der Waals surface area contributed by atoms with Gasteiger partial charge in [-0.3, -0.25) is 19.8 Å². The molecule has 0 aliphatic carbocycles. The molecule has 0 bridgehead atoms. The summed E-state index contributed by atoms with van der Waals surface area (Å²) in [4.78, 5) is 30.1. The molecule has 552 valence electrons. The largest absolute Gasteiger partial charge is 0.379 e. The van der Waals surface area contributed by atoms with Gasteiger partial charge in [0.1, 0.15) is 0 Å². The Morgan fingerprint density at radius 3 is 1.60 bits per heavy atom. The minimum absolute atomic E-state index is 0.0281. The third kappa shape index (κ3) is 50.8. The van der Waals surface area contributed by atoms with Gasteiger partial charge < -0.3 is 19.5 Å². The highest BCUT2D eigenvalue weighted by molar-refractivity contribution is 7.14. The fourth-order valence-corrected chi connectivity index (χ4v) is 10.5. The number of rotatable bonds is 27. The number of alkyl halides is 2. The molecular formula is C78H137F2N13O2S2. The van der Waals surface area contributed by atoms with Gasteiger partial charge in [-0.1, -0.05) is 148 Å². The van der Waals surface area contributed by atoms with Gasteiger partial charge in [-0.15, -0.1) is 22.7 Å². The number of likely N-dealkylation sites (tertiary alicyclic amines) is 1. The summed E-state index contributed by atoms with van der Waals surface area (Å²) in [5, 5.41) is 21.7. The molecule has 15 nitrogen and oxygen atoms in total. The van der Waals surface area contributed by atoms with Gasteiger partial charge in [0.05, 0.1) is 55.8 Å². The molecule has 0 aromatic carbocycles. The van der Waals surface area contributed by atoms with E-state index in [0.29, 0.717) is 36.1 Å². The predicted molar refractivity (Wildman–Crippen MR) is 412 cm³/mol. The molecular weight excluding hydrogens is 1250 g/mol. The summed E-state index contributed by atoms with van der Waals surface area (Å²) < 4.78 is 36.3. The van der Waals surface area contributed by atoms with E-state index in [4.69, 9.17) is 9.26 Å². The SMILES string of the molecule is CC(C)CCN1CCCC(F)(F)C1.CC(C)CCN1CCOCC1.CC(C)CCc1ccccn1.CC(C)CCc1csc(N(C)C)n1.CC(C)CCc1csc(NC(C)C)n1.CC(C)CCc1nc(C(C)C)no1.CC(C)CCn1nccn1.Cc1cccc(/C=C/C(C)C)n1. The summed E-state index contributed by atoms with van der Waals surface area (Å²) in [5.41, 5.74) is 5.79. The van der Waals surface area contributed by atoms with Crippen molar-refractivity contribution in [1.29, 1.82) is 0 Å². The molecule has 2 fully saturated rings. The van der Waals surface area contributed by atoms with Crippen LogP contribution in [0.5, 0.6) is 0 Å². The number of ether oxygens (including phenoxy) is 1. The van der Waals surface area contributed by atoms with Crippen molar-refractivity contribution in [2.75, 3.05) is 76.8 Å². The number of hydrogen-bond donors (Lipinski definition) is 1. The van der Waals surface area contributed by atoms with Crippen LogP contribution in [0.3, 0.4) is 0 Å². The van der Waals surface area contributed by atoms with Crippen LogP contribution in [-0.4, -0.2) is 133 Å². The Hall–Kier alpha value is -5.08. The van der Waals surface area contributed by atoms with Crippen molar-refractivity contribution < 1.29 is 18.0 Å². The van der Waals surface area contributed by atoms with E-state index in [1.165, 1.54) is 49.3 Å². The molecule has 0 saturated carbocycles. The Bertz CT molecular complexity index is 2730. The first-order valence-electron chi connectivity index (χ1n) is 36.7. The summed E-state index contributed by atoms with van der Waals surface area (Å²) in [7, 11) is 4.07. The van der Waals surface area contributed by atoms with Crippen LogP contribution in [0.1, 0.15) is 242 Å². The molecule has 2 saturated heterocycles. The monoisotopic (exact) mass is 1390 g/mol. The van der Waals surface area contributed by atoms with Gasteiger partial charge in [0.25, 0.3) is 5.92 Å². The number of thiazole rings is 2. The number of allylic oxidation sites excluding steroid dienone is 1. The molecule has 1 N–H and O–H groups in total. The Morgan fingerprint density at radius 2 is 1.11 bits per heavy atom. The molecule has 19 heteroatoms. The van der Waals surface area contributed by atoms with Crippen LogP contribution >= 0.6 is 22.7 Å². The maximum atomic E-state index is 12.9. The van der Waals surface area contributed by atoms with Crippen molar-refractivity contribution in [3.8, 4) is 0 Å². The number of aryl methyl sites for hydroxylation is 6. The molecule has 0 spiro atoms. The zero-order valence-electron chi connectivity index (χ0n) is 65.1. The first-order chi connectivity index (χ1) is 45.8. The van der Waals surface area contributed by atoms with Crippen LogP contribution in [0.25, 0.3) is 6.08 Å². The van der Waals surface area contributed by atoms with Crippen LogP contribution in [0.4, 0.5) is 19.0 Å². The third-order valence-corrected chi connectivity index (χ3v) is 16.9. The zero-order chi connectivity index (χ0) is 72.7. The molecule has 2 aliphatic heterocycles. The summed E-state index contributed by atoms with van der Waals surface area (Å²) in [6.07, 6.45) is 22.7. The van der Waals surface area contributed by atoms with Gasteiger partial charge in [0, 0.05) is 80.3 Å². The molecule has 97 heavy (non-hydrogen) atoms. The average Bonchev–Trinajstić information content (AvgIpc) is 2.28. The Morgan fingerprint density at radius 1 is 0.577 bits per heavy atom. The fraction of sp³-hybridized carbons (Fsp3) is 0.718. The summed E-state index contributed by atoms with van der Waals surface area (Å²) in [6.45, 7) is 53.8. The molecule has 0 atom stereocenters. The molecule has 6 aromatic rings. The van der Waals surface area contributed by atoms with Gasteiger partial charge in [-0.25, -0.2) is 18.7 Å². The second-order valence-corrected chi connectivity index (χ2v) is 31.6. The van der Waals surface area contributed by atoms with Crippen LogP contribution in [0.2, 0.25) is 0 Å². The lowest BCUT2D eigenvalue weighted by atomic mass is 10.1. The number of nitrogens with one attached hydrogen (secondary N) is 1. The Kier molecular flexibility index (Phi) is 49.0. The van der Waals surface area contributed by atoms with Crippen LogP contribution in [0.15, 0.2) is 76.3 Å². The van der Waals surface area contributed by atoms with Crippen molar-refractivity contribution in [1.82, 2.24) is 54.9 Å². The lowest BCUT2D eigenvalue weighted by Crippen LogP contribution is -2.43. The number of piperidine rings is 1. The zero-order valence-corrected chi connectivity index (χ0v) is 66.7. The van der Waals surface area contributed by atoms with Crippen molar-refractivity contribution in [2.24, 2.45) is 47.3 Å². The maximum absolute atomic E-state index is 12.9. The van der Waals surface area contributed by atoms with E-state index in [1.54, 1.807) is 39.9 Å². The molecule has 6 aromatic heterocycles. The van der Waals surface area contributed by atoms with Crippen molar-refractivity contribution >= 4 is 39.0 Å². The van der Waals surface area contributed by atoms with E-state index < -0.39 is 5.92 Å². The second kappa shape index (κ2) is 52.9. The van der Waals surface area contributed by atoms with E-state index >= 15 is 0 Å². The number of halogens is 2. The molecule has 0 radical (unpaired) electrons. The lowest BCUT2D eigenvalue weighted by Gasteiger charge is -2.32. The topological polar surface area (TPSA) is 152 Å². The number of hydrogen-bond acceptors (Lipinski definition) is 16. The first kappa shape index (κ1) is 89.9. The number of anilines is 2. The molecule has 8 heterocycles. The lowest BCUT2D eigenvalue weighted by molar-refractivity contribution is -0.0645. The van der Waals surface area contributed by atoms with Crippen LogP contribution in [-0.2, 0) is 37.0 Å². The standard InChI is InChI=1S/C11H20N2S.C11H15N.C10H19F2N.C10H18N2O.C10H18N2S.C10H15N.C9H19NO.C7H13N3/c1-8(2)5-6-10-7-14-11(13-10)12-9(3)4;1-9(2)7-8-11-6-4-5-10(3)12-11;1-9(2)4-7-13-6-3-5-10(11,12)8-13;1-7(2)5-6-9-11-10(8(3)4)12-13-9;1-8(2)5-6-9-7-13-10(11-9)12(3)4;1-9(2)6-7-10-5-3-4-8-11-10;1-9(2)3-4-10-5-7-11-8-6-10;1-7(2)3-6-10-8-4-5-9-10/h7-9H,5-6H2,1-4H3,(H,12,13);4-9H,1-3H3;9H,3-8H2,1-2H3;2*7-8H,5-6H2,1-4H3;3-5,8-9H,6-7H2,1-2H3;9H,3-8H2,1-2H3;4-5,7H,3,6H2,1-2H3/b;8-7+;;;;;;. The normalized spacial score (nSPS) is 13.9. The summed E-state index contributed by atoms with van der Waals surface area (Å²) in [5.74, 6) is 5.27. The van der Waals surface area contributed by atoms with E-state index in [0.717, 1.165) is 154 Å². The van der Waals surface area contributed by atoms with E-state index in [9.17, 15) is 8.78 Å². The van der Waals surface area contributed by atoms with E-state index in [-0.39, 0.29) is 13.0 Å². The first-order valence-corrected chi connectivity index (χ1v) is 38.5. The van der Waals surface area contributed by atoms with Gasteiger partial charge >= 0.3 is 0 Å². The van der Waals surface area contributed by atoms with Crippen molar-refractivity contribution in [3.63, 3.8) is 0 Å². The quantitative estimate of drug-likeness (QED) is 0.0520. The fourth-order valence-electron chi connectivity index (χ4n) is 8.85. The van der Waals surface area contributed by atoms with Crippen molar-refractivity contribution in [3.05, 3.63) is 112 Å². The summed E-state index contributed by atoms with van der Waals surface area (Å²) in [6, 6.07) is 12.6. The Balaban J connectivity index is 0.000000555. The highest BCUT2D eigenvalue weighted by atomic mass is 32.1. The summed E-state index contributed by atoms with van der Waals surface area (Å²) >= 11 is 3.43. The number of aromatic nitrogens is 9. The molecule has 0 amide bonds. The third-order valence-electron chi connectivity index (χ3n) is 15.0. The highest BCUT2D eigenvalue weighted by Crippen LogP contribution is 2.27. The maximum Gasteiger partial charge on any atom is 0.260 e. The predicted octanol–water partition coefficient (Wildman–Crippen LogP) is 20.3. The van der Waals surface area contributed by atoms with E-state index in [2.05, 4.69) is 223 Å². The smallest absolute Gasteiger partial charge is 0.260 e. The van der Waals surface area contributed by atoms with Gasteiger partial charge in [0.15, 0.2) is 16.1 Å². The highest BCUT2D eigenvalue weighted by Gasteiger charge is 2.34. The van der Waals surface area contributed by atoms with Gasteiger partial charge in [0.2, 0.25) is 5.89 Å². The minimum Gasteiger partial charge on any atom is -0.379 e. The number of morpholine rings is 1. The molecule has 8 rings (SSSR count). The van der Waals surface area contributed by atoms with Gasteiger partial charge in [-0.05, 0) is 189 Å². The van der Waals surface area contributed by atoms with E-state index in [1.807, 2.05) is 62.4 Å². The minimum atomic E-state index is -2.44. The number of pyridine rings is 2. The average molecular weight is 1390 g/mol. The number of nitrogens with zero attached hydrogens (tertiary/aromatic N) is 12. The van der Waals surface area contributed by atoms with Crippen LogP contribution in [0, 0.1) is 54.3 Å². The van der Waals surface area contributed by atoms with Gasteiger partial charge in [-0.2, -0.15) is 20.0 Å². The molecule has 2 aliphatic rings. The molecule has 0 unspecified atom stereocenters. The second-order valence-electron chi connectivity index (χ2n) is 29.9. The van der Waals surface area contributed by atoms with Crippen molar-refractivity contribution in [2.45, 2.75) is 253 Å². The van der Waals surface area contributed by atoms with Crippen LogP contribution < -0.4 is 10.2 Å².